The van der Waals surface area contributed by atoms with Crippen LogP contribution in [0.25, 0.3) is 0 Å². The van der Waals surface area contributed by atoms with Gasteiger partial charge >= 0.3 is 0 Å². The zero-order valence-corrected chi connectivity index (χ0v) is 10.8. The molecule has 3 nitrogen and oxygen atoms in total. The summed E-state index contributed by atoms with van der Waals surface area (Å²) in [5.41, 5.74) is 2.08. The van der Waals surface area contributed by atoms with Gasteiger partial charge in [-0.05, 0) is 26.0 Å². The standard InChI is InChI=1S/C13H13NO2S/c1-8-4-5-12(16-3)10(6-8)13(15)11-7-17-9(2)14-11/h4-7H,1-3H3. The second kappa shape index (κ2) is 4.67. The van der Waals surface area contributed by atoms with E-state index in [1.54, 1.807) is 12.5 Å². The molecule has 0 saturated carbocycles. The molecular weight excluding hydrogens is 234 g/mol. The number of benzene rings is 1. The van der Waals surface area contributed by atoms with Crippen LogP contribution < -0.4 is 4.74 Å². The van der Waals surface area contributed by atoms with Crippen LogP contribution >= 0.6 is 11.3 Å². The number of carbonyl (C=O) groups is 1. The number of ketones is 1. The first-order valence-corrected chi connectivity index (χ1v) is 6.11. The van der Waals surface area contributed by atoms with Gasteiger partial charge in [0, 0.05) is 5.38 Å². The highest BCUT2D eigenvalue weighted by molar-refractivity contribution is 7.09. The maximum absolute atomic E-state index is 12.3. The predicted octanol–water partition coefficient (Wildman–Crippen LogP) is 3.00. The highest BCUT2D eigenvalue weighted by Crippen LogP contribution is 2.23. The lowest BCUT2D eigenvalue weighted by Crippen LogP contribution is -2.05. The Hall–Kier alpha value is -1.68. The first-order chi connectivity index (χ1) is 8.11. The molecule has 0 N–H and O–H groups in total. The van der Waals surface area contributed by atoms with Crippen molar-refractivity contribution in [2.45, 2.75) is 13.8 Å². The van der Waals surface area contributed by atoms with Crippen molar-refractivity contribution in [3.63, 3.8) is 0 Å². The second-order valence-electron chi connectivity index (χ2n) is 3.78. The summed E-state index contributed by atoms with van der Waals surface area (Å²) in [7, 11) is 1.56. The number of carbonyl (C=O) groups excluding carboxylic acids is 1. The number of thiazole rings is 1. The van der Waals surface area contributed by atoms with Crippen molar-refractivity contribution in [2.24, 2.45) is 0 Å². The molecule has 1 aromatic heterocycles. The Morgan fingerprint density at radius 3 is 2.71 bits per heavy atom. The molecule has 2 rings (SSSR count). The minimum absolute atomic E-state index is 0.0881. The Balaban J connectivity index is 2.46. The maximum Gasteiger partial charge on any atom is 0.215 e. The number of hydrogen-bond donors (Lipinski definition) is 0. The molecule has 0 fully saturated rings. The molecule has 0 bridgehead atoms. The van der Waals surface area contributed by atoms with Crippen molar-refractivity contribution in [1.82, 2.24) is 4.98 Å². The normalized spacial score (nSPS) is 10.3. The van der Waals surface area contributed by atoms with E-state index in [-0.39, 0.29) is 5.78 Å². The van der Waals surface area contributed by atoms with Crippen molar-refractivity contribution in [1.29, 1.82) is 0 Å². The molecular formula is C13H13NO2S. The van der Waals surface area contributed by atoms with Crippen LogP contribution in [0.3, 0.4) is 0 Å². The van der Waals surface area contributed by atoms with E-state index in [1.807, 2.05) is 32.0 Å². The molecule has 0 amide bonds. The lowest BCUT2D eigenvalue weighted by atomic mass is 10.1. The minimum atomic E-state index is -0.0881. The molecule has 0 radical (unpaired) electrons. The first kappa shape index (κ1) is 11.8. The summed E-state index contributed by atoms with van der Waals surface area (Å²) in [6.07, 6.45) is 0. The van der Waals surface area contributed by atoms with Crippen molar-refractivity contribution in [3.8, 4) is 5.75 Å². The minimum Gasteiger partial charge on any atom is -0.496 e. The van der Waals surface area contributed by atoms with Gasteiger partial charge in [0.1, 0.15) is 11.4 Å². The fourth-order valence-corrected chi connectivity index (χ4v) is 2.20. The Morgan fingerprint density at radius 2 is 2.12 bits per heavy atom. The summed E-state index contributed by atoms with van der Waals surface area (Å²) < 4.78 is 5.20. The number of rotatable bonds is 3. The lowest BCUT2D eigenvalue weighted by molar-refractivity contribution is 0.103. The number of aromatic nitrogens is 1. The number of methoxy groups -OCH3 is 1. The predicted molar refractivity (Wildman–Crippen MR) is 68.0 cm³/mol. The number of ether oxygens (including phenoxy) is 1. The summed E-state index contributed by atoms with van der Waals surface area (Å²) >= 11 is 1.47. The highest BCUT2D eigenvalue weighted by Gasteiger charge is 2.16. The van der Waals surface area contributed by atoms with Crippen molar-refractivity contribution < 1.29 is 9.53 Å². The van der Waals surface area contributed by atoms with Gasteiger partial charge in [-0.1, -0.05) is 11.6 Å². The quantitative estimate of drug-likeness (QED) is 0.783. The second-order valence-corrected chi connectivity index (χ2v) is 4.85. The molecule has 0 atom stereocenters. The van der Waals surface area contributed by atoms with Gasteiger partial charge in [0.2, 0.25) is 5.78 Å². The first-order valence-electron chi connectivity index (χ1n) is 5.23. The average Bonchev–Trinajstić information content (AvgIpc) is 2.75. The van der Waals surface area contributed by atoms with Crippen molar-refractivity contribution in [2.75, 3.05) is 7.11 Å². The summed E-state index contributed by atoms with van der Waals surface area (Å²) in [6, 6.07) is 5.56. The van der Waals surface area contributed by atoms with Gasteiger partial charge < -0.3 is 4.74 Å². The molecule has 0 unspecified atom stereocenters. The van der Waals surface area contributed by atoms with E-state index in [2.05, 4.69) is 4.98 Å². The van der Waals surface area contributed by atoms with Gasteiger partial charge in [-0.25, -0.2) is 4.98 Å². The van der Waals surface area contributed by atoms with E-state index in [4.69, 9.17) is 4.74 Å². The van der Waals surface area contributed by atoms with Gasteiger partial charge in [-0.15, -0.1) is 11.3 Å². The number of aryl methyl sites for hydroxylation is 2. The fourth-order valence-electron chi connectivity index (χ4n) is 1.60. The van der Waals surface area contributed by atoms with E-state index in [0.717, 1.165) is 10.6 Å². The Kier molecular flexibility index (Phi) is 3.24. The van der Waals surface area contributed by atoms with Gasteiger partial charge in [0.05, 0.1) is 17.7 Å². The Labute approximate surface area is 104 Å². The SMILES string of the molecule is COc1ccc(C)cc1C(=O)c1csc(C)n1. The van der Waals surface area contributed by atoms with E-state index in [0.29, 0.717) is 17.0 Å². The smallest absolute Gasteiger partial charge is 0.215 e. The maximum atomic E-state index is 12.3. The molecule has 88 valence electrons. The molecule has 0 spiro atoms. The third-order valence-electron chi connectivity index (χ3n) is 2.45. The van der Waals surface area contributed by atoms with Gasteiger partial charge in [0.15, 0.2) is 0 Å². The largest absolute Gasteiger partial charge is 0.496 e. The van der Waals surface area contributed by atoms with Crippen molar-refractivity contribution >= 4 is 17.1 Å². The molecule has 2 aromatic rings. The van der Waals surface area contributed by atoms with E-state index in [1.165, 1.54) is 11.3 Å². The number of hydrogen-bond acceptors (Lipinski definition) is 4. The van der Waals surface area contributed by atoms with Crippen LogP contribution in [0.1, 0.15) is 26.6 Å². The third-order valence-corrected chi connectivity index (χ3v) is 3.22. The van der Waals surface area contributed by atoms with Crippen LogP contribution in [0.15, 0.2) is 23.6 Å². The van der Waals surface area contributed by atoms with Crippen LogP contribution in [-0.2, 0) is 0 Å². The van der Waals surface area contributed by atoms with Gasteiger partial charge in [0.25, 0.3) is 0 Å². The van der Waals surface area contributed by atoms with Crippen LogP contribution in [0.4, 0.5) is 0 Å². The monoisotopic (exact) mass is 247 g/mol. The highest BCUT2D eigenvalue weighted by atomic mass is 32.1. The van der Waals surface area contributed by atoms with Gasteiger partial charge in [-0.2, -0.15) is 0 Å². The van der Waals surface area contributed by atoms with Crippen LogP contribution in [0.5, 0.6) is 5.75 Å². The number of nitrogens with zero attached hydrogens (tertiary/aromatic N) is 1. The van der Waals surface area contributed by atoms with Crippen LogP contribution in [-0.4, -0.2) is 17.9 Å². The lowest BCUT2D eigenvalue weighted by Gasteiger charge is -2.07. The summed E-state index contributed by atoms with van der Waals surface area (Å²) in [6.45, 7) is 3.83. The topological polar surface area (TPSA) is 39.2 Å². The van der Waals surface area contributed by atoms with Crippen molar-refractivity contribution in [3.05, 3.63) is 45.4 Å². The molecule has 1 aromatic carbocycles. The fraction of sp³-hybridized carbons (Fsp3) is 0.231. The summed E-state index contributed by atoms with van der Waals surface area (Å²) in [5, 5.41) is 2.67. The molecule has 0 aliphatic carbocycles. The zero-order valence-electron chi connectivity index (χ0n) is 9.98. The van der Waals surface area contributed by atoms with Crippen LogP contribution in [0.2, 0.25) is 0 Å². The third kappa shape index (κ3) is 2.36. The summed E-state index contributed by atoms with van der Waals surface area (Å²) in [4.78, 5) is 16.5. The van der Waals surface area contributed by atoms with Gasteiger partial charge in [-0.3, -0.25) is 4.79 Å². The van der Waals surface area contributed by atoms with E-state index in [9.17, 15) is 4.79 Å². The Morgan fingerprint density at radius 1 is 1.35 bits per heavy atom. The molecule has 4 heteroatoms. The average molecular weight is 247 g/mol. The van der Waals surface area contributed by atoms with E-state index >= 15 is 0 Å². The molecule has 17 heavy (non-hydrogen) atoms. The molecule has 0 aliphatic heterocycles. The molecule has 0 aliphatic rings. The van der Waals surface area contributed by atoms with E-state index < -0.39 is 0 Å². The van der Waals surface area contributed by atoms with Crippen LogP contribution in [0, 0.1) is 13.8 Å². The summed E-state index contributed by atoms with van der Waals surface area (Å²) in [5.74, 6) is 0.501. The molecule has 0 saturated heterocycles. The molecule has 1 heterocycles. The Bertz CT molecular complexity index is 560. The zero-order chi connectivity index (χ0) is 12.4.